The molecule has 65 heavy (non-hydrogen) atoms. The lowest BCUT2D eigenvalue weighted by Gasteiger charge is -2.41. The minimum absolute atomic E-state index is 0.0213. The van der Waals surface area contributed by atoms with Crippen molar-refractivity contribution in [2.75, 3.05) is 78.8 Å². The summed E-state index contributed by atoms with van der Waals surface area (Å²) < 4.78 is 74.0. The second-order valence-corrected chi connectivity index (χ2v) is 18.3. The van der Waals surface area contributed by atoms with Gasteiger partial charge in [-0.25, -0.2) is 27.9 Å². The second-order valence-electron chi connectivity index (χ2n) is 16.1. The summed E-state index contributed by atoms with van der Waals surface area (Å²) in [7, 11) is -2.89. The average molecular weight is 937 g/mol. The number of piperazine rings is 1. The molecule has 3 aliphatic rings. The summed E-state index contributed by atoms with van der Waals surface area (Å²) in [5, 5.41) is 14.1. The zero-order chi connectivity index (χ0) is 46.4. The molecular formula is C43H44ClF3N10O7S. The van der Waals surface area contributed by atoms with Gasteiger partial charge in [0.25, 0.3) is 0 Å². The van der Waals surface area contributed by atoms with Crippen LogP contribution in [0, 0.1) is 17.5 Å². The number of aromatic nitrogens is 3. The van der Waals surface area contributed by atoms with E-state index in [-0.39, 0.29) is 72.0 Å². The molecule has 0 aliphatic carbocycles. The normalized spacial score (nSPS) is 16.9. The summed E-state index contributed by atoms with van der Waals surface area (Å²) in [6, 6.07) is 8.84. The number of amides is 4. The Morgan fingerprint density at radius 3 is 2.31 bits per heavy atom. The lowest BCUT2D eigenvalue weighted by atomic mass is 9.87. The van der Waals surface area contributed by atoms with E-state index in [0.29, 0.717) is 61.9 Å². The first-order valence-corrected chi connectivity index (χ1v) is 22.6. The van der Waals surface area contributed by atoms with Crippen LogP contribution in [0.1, 0.15) is 48.5 Å². The molecule has 5 aromatic rings. The van der Waals surface area contributed by atoms with Crippen molar-refractivity contribution in [1.82, 2.24) is 29.5 Å². The van der Waals surface area contributed by atoms with Crippen molar-refractivity contribution in [1.29, 1.82) is 0 Å². The van der Waals surface area contributed by atoms with E-state index in [9.17, 15) is 32.7 Å². The van der Waals surface area contributed by atoms with Crippen LogP contribution >= 0.6 is 11.6 Å². The summed E-state index contributed by atoms with van der Waals surface area (Å²) >= 11 is 6.55. The number of hydrogen-bond acceptors (Lipinski definition) is 11. The molecule has 4 N–H and O–H groups in total. The first-order chi connectivity index (χ1) is 30.9. The van der Waals surface area contributed by atoms with E-state index in [2.05, 4.69) is 25.0 Å². The fourth-order valence-electron chi connectivity index (χ4n) is 8.14. The number of halogens is 4. The highest BCUT2D eigenvalue weighted by Gasteiger charge is 2.38. The van der Waals surface area contributed by atoms with E-state index in [1.54, 1.807) is 30.3 Å². The highest BCUT2D eigenvalue weighted by molar-refractivity contribution is 7.90. The number of rotatable bonds is 12. The summed E-state index contributed by atoms with van der Waals surface area (Å²) in [4.78, 5) is 69.5. The predicted octanol–water partition coefficient (Wildman–Crippen LogP) is 5.05. The maximum Gasteiger partial charge on any atom is 0.328 e. The largest absolute Gasteiger partial charge is 0.389 e. The first kappa shape index (κ1) is 45.3. The number of pyridine rings is 2. The van der Waals surface area contributed by atoms with Gasteiger partial charge in [-0.1, -0.05) is 18.5 Å². The van der Waals surface area contributed by atoms with Gasteiger partial charge in [-0.2, -0.15) is 12.7 Å². The number of piperidine rings is 1. The molecule has 17 nitrogen and oxygen atoms in total. The van der Waals surface area contributed by atoms with Crippen LogP contribution in [0.5, 0.6) is 0 Å². The Morgan fingerprint density at radius 2 is 1.63 bits per heavy atom. The van der Waals surface area contributed by atoms with Crippen LogP contribution in [0.4, 0.5) is 40.8 Å². The van der Waals surface area contributed by atoms with Crippen LogP contribution < -0.4 is 24.7 Å². The number of imide groups is 1. The molecule has 3 fully saturated rings. The lowest BCUT2D eigenvalue weighted by Crippen LogP contribution is -2.52. The zero-order valence-electron chi connectivity index (χ0n) is 35.2. The van der Waals surface area contributed by atoms with Crippen LogP contribution in [-0.4, -0.2) is 126 Å². The molecular weight excluding hydrogens is 893 g/mol. The molecule has 8 rings (SSSR count). The Labute approximate surface area is 376 Å². The molecule has 0 spiro atoms. The number of ketones is 1. The number of urea groups is 1. The summed E-state index contributed by atoms with van der Waals surface area (Å²) in [6.45, 7) is 4.05. The van der Waals surface area contributed by atoms with Gasteiger partial charge in [0.2, 0.25) is 17.6 Å². The monoisotopic (exact) mass is 936 g/mol. The standard InChI is InChI=1S/C43H44ClF3N10O7S/c1-3-53(2)65(63,64)52-32-6-5-30(45)38(39(32)47)40(60)28-24-50-41-27(28)18-26(23-49-41)25-4-7-35(48-22-25)55-14-16-56(17-15-55)37(59)21-43(62)9-12-54(13-10-43)33-20-31(46)34(19-29(33)44)57-11-8-36(58)51-42(57)61/h4-7,18-20,22-24,52,62H,3,8-17,21H2,1-2H3,(H,49,50)(H,51,58,61). The molecule has 2 aromatic carbocycles. The Hall–Kier alpha value is -6.29. The van der Waals surface area contributed by atoms with E-state index in [1.165, 1.54) is 25.4 Å². The number of fused-ring (bicyclic) bond motifs is 1. The SMILES string of the molecule is CCN(C)S(=O)(=O)Nc1ccc(F)c(C(=O)c2c[nH]c3ncc(-c4ccc(N5CCN(C(=O)CC6(O)CCN(c7cc(F)c(N8CCC(=O)NC8=O)cc7Cl)CC6)CC5)nc4)cc23)c1F. The zero-order valence-corrected chi connectivity index (χ0v) is 36.8. The van der Waals surface area contributed by atoms with Crippen molar-refractivity contribution in [2.24, 2.45) is 0 Å². The van der Waals surface area contributed by atoms with Gasteiger partial charge in [0.15, 0.2) is 5.82 Å². The molecule has 0 bridgehead atoms. The highest BCUT2D eigenvalue weighted by atomic mass is 35.5. The van der Waals surface area contributed by atoms with Gasteiger partial charge in [-0.3, -0.25) is 29.3 Å². The number of carbonyl (C=O) groups excluding carboxylic acids is 4. The third kappa shape index (κ3) is 9.18. The molecule has 22 heteroatoms. The minimum Gasteiger partial charge on any atom is -0.389 e. The molecule has 6 heterocycles. The number of nitrogens with zero attached hydrogens (tertiary/aromatic N) is 7. The van der Waals surface area contributed by atoms with Gasteiger partial charge in [-0.05, 0) is 49.2 Å². The van der Waals surface area contributed by atoms with E-state index in [1.807, 2.05) is 21.9 Å². The number of anilines is 4. The van der Waals surface area contributed by atoms with E-state index in [0.717, 1.165) is 21.3 Å². The van der Waals surface area contributed by atoms with Crippen molar-refractivity contribution >= 4 is 79.4 Å². The molecule has 0 saturated carbocycles. The number of aromatic amines is 1. The summed E-state index contributed by atoms with van der Waals surface area (Å²) in [5.74, 6) is -4.21. The number of H-pyrrole nitrogens is 1. The van der Waals surface area contributed by atoms with Crippen molar-refractivity contribution in [3.8, 4) is 11.1 Å². The van der Waals surface area contributed by atoms with Crippen LogP contribution in [0.3, 0.4) is 0 Å². The lowest BCUT2D eigenvalue weighted by molar-refractivity contribution is -0.137. The van der Waals surface area contributed by atoms with Crippen LogP contribution in [0.15, 0.2) is 61.1 Å². The molecule has 0 unspecified atom stereocenters. The summed E-state index contributed by atoms with van der Waals surface area (Å²) in [6.07, 6.45) is 4.90. The van der Waals surface area contributed by atoms with Crippen molar-refractivity contribution < 1.29 is 45.9 Å². The van der Waals surface area contributed by atoms with Gasteiger partial charge in [0.05, 0.1) is 39.7 Å². The van der Waals surface area contributed by atoms with Crippen molar-refractivity contribution in [2.45, 2.75) is 38.2 Å². The number of aliphatic hydroxyl groups is 1. The molecule has 0 radical (unpaired) electrons. The summed E-state index contributed by atoms with van der Waals surface area (Å²) in [5.41, 5.74) is -1.04. The number of benzene rings is 2. The maximum atomic E-state index is 15.6. The number of carbonyl (C=O) groups is 4. The van der Waals surface area contributed by atoms with Crippen molar-refractivity contribution in [3.63, 3.8) is 0 Å². The Kier molecular flexibility index (Phi) is 12.5. The number of hydrogen-bond donors (Lipinski definition) is 4. The van der Waals surface area contributed by atoms with Gasteiger partial charge in [0, 0.05) is 113 Å². The average Bonchev–Trinajstić information content (AvgIpc) is 3.72. The van der Waals surface area contributed by atoms with Gasteiger partial charge in [-0.15, -0.1) is 0 Å². The Morgan fingerprint density at radius 1 is 0.908 bits per heavy atom. The quantitative estimate of drug-likeness (QED) is 0.122. The van der Waals surface area contributed by atoms with Gasteiger partial charge >= 0.3 is 16.2 Å². The second kappa shape index (κ2) is 17.9. The molecule has 3 saturated heterocycles. The Bertz CT molecular complexity index is 2820. The number of nitrogens with one attached hydrogen (secondary N) is 3. The van der Waals surface area contributed by atoms with Crippen LogP contribution in [0.25, 0.3) is 22.2 Å². The van der Waals surface area contributed by atoms with Gasteiger partial charge < -0.3 is 24.8 Å². The third-order valence-electron chi connectivity index (χ3n) is 12.1. The third-order valence-corrected chi connectivity index (χ3v) is 14.0. The van der Waals surface area contributed by atoms with Gasteiger partial charge in [0.1, 0.15) is 23.1 Å². The Balaban J connectivity index is 0.867. The molecule has 3 aromatic heterocycles. The van der Waals surface area contributed by atoms with E-state index in [4.69, 9.17) is 11.6 Å². The molecule has 342 valence electrons. The maximum absolute atomic E-state index is 15.6. The topological polar surface area (TPSA) is 204 Å². The van der Waals surface area contributed by atoms with Crippen LogP contribution in [0.2, 0.25) is 5.02 Å². The highest BCUT2D eigenvalue weighted by Crippen LogP contribution is 2.38. The molecule has 3 aliphatic heterocycles. The van der Waals surface area contributed by atoms with Crippen LogP contribution in [-0.2, 0) is 19.8 Å². The molecule has 4 amide bonds. The van der Waals surface area contributed by atoms with E-state index >= 15 is 13.2 Å². The fraction of sp³-hybridized carbons (Fsp3) is 0.349. The van der Waals surface area contributed by atoms with Crippen molar-refractivity contribution in [3.05, 3.63) is 94.7 Å². The smallest absolute Gasteiger partial charge is 0.328 e. The minimum atomic E-state index is -4.17. The van der Waals surface area contributed by atoms with E-state index < -0.39 is 62.2 Å². The predicted molar refractivity (Wildman–Crippen MR) is 237 cm³/mol. The fourth-order valence-corrected chi connectivity index (χ4v) is 9.35. The molecule has 0 atom stereocenters. The first-order valence-electron chi connectivity index (χ1n) is 20.8.